The van der Waals surface area contributed by atoms with E-state index in [9.17, 15) is 13.2 Å². The van der Waals surface area contributed by atoms with Crippen LogP contribution in [0.1, 0.15) is 54.1 Å². The molecular formula is C19H18F3N. The lowest BCUT2D eigenvalue weighted by Gasteiger charge is -2.31. The van der Waals surface area contributed by atoms with Crippen LogP contribution in [0.5, 0.6) is 0 Å². The summed E-state index contributed by atoms with van der Waals surface area (Å²) in [5, 5.41) is 0. The quantitative estimate of drug-likeness (QED) is 0.710. The summed E-state index contributed by atoms with van der Waals surface area (Å²) in [7, 11) is 0. The highest BCUT2D eigenvalue weighted by molar-refractivity contribution is 5.73. The molecule has 1 saturated carbocycles. The molecule has 4 rings (SSSR count). The molecule has 0 atom stereocenters. The van der Waals surface area contributed by atoms with Crippen LogP contribution < -0.4 is 0 Å². The van der Waals surface area contributed by atoms with Gasteiger partial charge in [-0.1, -0.05) is 36.8 Å². The normalized spacial score (nSPS) is 17.9. The minimum atomic E-state index is -4.42. The van der Waals surface area contributed by atoms with Crippen molar-refractivity contribution in [3.05, 3.63) is 52.8 Å². The first-order valence-electron chi connectivity index (χ1n) is 8.24. The zero-order chi connectivity index (χ0) is 16.0. The molecule has 1 heterocycles. The molecule has 0 bridgehead atoms. The molecule has 0 radical (unpaired) electrons. The number of rotatable bonds is 2. The van der Waals surface area contributed by atoms with E-state index in [1.807, 2.05) is 6.07 Å². The van der Waals surface area contributed by atoms with Gasteiger partial charge in [0, 0.05) is 11.3 Å². The molecule has 0 spiro atoms. The van der Waals surface area contributed by atoms with Gasteiger partial charge in [-0.3, -0.25) is 0 Å². The van der Waals surface area contributed by atoms with Crippen molar-refractivity contribution in [2.45, 2.75) is 50.6 Å². The van der Waals surface area contributed by atoms with E-state index >= 15 is 0 Å². The van der Waals surface area contributed by atoms with Gasteiger partial charge in [0.15, 0.2) is 5.69 Å². The monoisotopic (exact) mass is 317 g/mol. The lowest BCUT2D eigenvalue weighted by Crippen LogP contribution is -2.19. The Kier molecular flexibility index (Phi) is 3.43. The lowest BCUT2D eigenvalue weighted by molar-refractivity contribution is -0.140. The largest absolute Gasteiger partial charge is 0.433 e. The van der Waals surface area contributed by atoms with Gasteiger partial charge < -0.3 is 0 Å². The maximum Gasteiger partial charge on any atom is 0.433 e. The molecule has 0 aliphatic heterocycles. The molecule has 0 amide bonds. The Labute approximate surface area is 133 Å². The number of halogens is 3. The third-order valence-electron chi connectivity index (χ3n) is 5.11. The van der Waals surface area contributed by atoms with Crippen LogP contribution in [0.4, 0.5) is 13.2 Å². The molecule has 0 unspecified atom stereocenters. The number of alkyl halides is 3. The van der Waals surface area contributed by atoms with E-state index in [-0.39, 0.29) is 5.92 Å². The Morgan fingerprint density at radius 1 is 0.957 bits per heavy atom. The van der Waals surface area contributed by atoms with Crippen molar-refractivity contribution in [2.24, 2.45) is 0 Å². The van der Waals surface area contributed by atoms with Gasteiger partial charge in [-0.15, -0.1) is 0 Å². The minimum absolute atomic E-state index is 0.265. The summed E-state index contributed by atoms with van der Waals surface area (Å²) < 4.78 is 41.1. The summed E-state index contributed by atoms with van der Waals surface area (Å²) in [5.41, 5.74) is 3.01. The summed E-state index contributed by atoms with van der Waals surface area (Å²) in [5.74, 6) is 0.265. The van der Waals surface area contributed by atoms with Crippen molar-refractivity contribution in [1.82, 2.24) is 4.98 Å². The molecule has 23 heavy (non-hydrogen) atoms. The molecular weight excluding hydrogens is 299 g/mol. The van der Waals surface area contributed by atoms with Crippen molar-refractivity contribution in [3.63, 3.8) is 0 Å². The highest BCUT2D eigenvalue weighted by Gasteiger charge is 2.41. The van der Waals surface area contributed by atoms with Crippen LogP contribution >= 0.6 is 0 Å². The number of nitrogens with zero attached hydrogens (tertiary/aromatic N) is 1. The first-order chi connectivity index (χ1) is 11.1. The number of hydrogen-bond acceptors (Lipinski definition) is 1. The predicted octanol–water partition coefficient (Wildman–Crippen LogP) is 5.52. The fraction of sp³-hybridized carbons (Fsp3) is 0.421. The molecule has 1 aromatic heterocycles. The van der Waals surface area contributed by atoms with Gasteiger partial charge in [0.25, 0.3) is 0 Å². The first-order valence-corrected chi connectivity index (χ1v) is 8.24. The van der Waals surface area contributed by atoms with Gasteiger partial charge in [-0.05, 0) is 54.7 Å². The molecule has 0 N–H and O–H groups in total. The third-order valence-corrected chi connectivity index (χ3v) is 5.11. The summed E-state index contributed by atoms with van der Waals surface area (Å²) in [6, 6.07) is 8.98. The average Bonchev–Trinajstić information content (AvgIpc) is 2.93. The number of aromatic nitrogens is 1. The molecule has 2 aromatic rings. The standard InChI is InChI=1S/C19H18F3N/c20-19(21,22)18-17(13-6-2-1-3-7-13)16(12-8-4-9-12)14-10-5-11-15(14)23-18/h1-3,6-7,12H,4-5,8-11H2. The SMILES string of the molecule is FC(F)(F)c1nc2c(c(C3CCC3)c1-c1ccccc1)CCC2. The van der Waals surface area contributed by atoms with E-state index in [2.05, 4.69) is 4.98 Å². The van der Waals surface area contributed by atoms with Gasteiger partial charge in [0.05, 0.1) is 0 Å². The van der Waals surface area contributed by atoms with Gasteiger partial charge in [-0.25, -0.2) is 4.98 Å². The molecule has 2 aliphatic carbocycles. The Hall–Kier alpha value is -1.84. The number of fused-ring (bicyclic) bond motifs is 1. The van der Waals surface area contributed by atoms with Crippen LogP contribution in [0.3, 0.4) is 0 Å². The molecule has 0 saturated heterocycles. The second-order valence-corrected chi connectivity index (χ2v) is 6.52. The Morgan fingerprint density at radius 3 is 2.30 bits per heavy atom. The van der Waals surface area contributed by atoms with Crippen LogP contribution in [0, 0.1) is 0 Å². The molecule has 1 fully saturated rings. The smallest absolute Gasteiger partial charge is 0.247 e. The summed E-state index contributed by atoms with van der Waals surface area (Å²) in [6.07, 6.45) is 1.14. The maximum absolute atomic E-state index is 13.7. The van der Waals surface area contributed by atoms with E-state index in [1.165, 1.54) is 0 Å². The second kappa shape index (κ2) is 5.36. The highest BCUT2D eigenvalue weighted by atomic mass is 19.4. The van der Waals surface area contributed by atoms with Gasteiger partial charge in [0.2, 0.25) is 0 Å². The van der Waals surface area contributed by atoms with Crippen molar-refractivity contribution in [3.8, 4) is 11.1 Å². The first kappa shape index (κ1) is 14.7. The van der Waals surface area contributed by atoms with Crippen LogP contribution in [0.2, 0.25) is 0 Å². The molecule has 1 aromatic carbocycles. The Bertz CT molecular complexity index is 731. The lowest BCUT2D eigenvalue weighted by atomic mass is 9.74. The Balaban J connectivity index is 2.03. The zero-order valence-electron chi connectivity index (χ0n) is 12.8. The third kappa shape index (κ3) is 2.44. The molecule has 2 aliphatic rings. The van der Waals surface area contributed by atoms with E-state index < -0.39 is 11.9 Å². The number of benzene rings is 1. The van der Waals surface area contributed by atoms with E-state index in [1.54, 1.807) is 24.3 Å². The molecule has 4 heteroatoms. The number of aryl methyl sites for hydroxylation is 1. The topological polar surface area (TPSA) is 12.9 Å². The van der Waals surface area contributed by atoms with Crippen molar-refractivity contribution >= 4 is 0 Å². The van der Waals surface area contributed by atoms with Crippen molar-refractivity contribution < 1.29 is 13.2 Å². The van der Waals surface area contributed by atoms with E-state index in [0.29, 0.717) is 23.2 Å². The van der Waals surface area contributed by atoms with Gasteiger partial charge >= 0.3 is 6.18 Å². The predicted molar refractivity (Wildman–Crippen MR) is 83.3 cm³/mol. The fourth-order valence-electron chi connectivity index (χ4n) is 3.86. The minimum Gasteiger partial charge on any atom is -0.247 e. The fourth-order valence-corrected chi connectivity index (χ4v) is 3.86. The Morgan fingerprint density at radius 2 is 1.70 bits per heavy atom. The maximum atomic E-state index is 13.7. The summed E-state index contributed by atoms with van der Waals surface area (Å²) >= 11 is 0. The van der Waals surface area contributed by atoms with Crippen molar-refractivity contribution in [1.29, 1.82) is 0 Å². The average molecular weight is 317 g/mol. The van der Waals surface area contributed by atoms with E-state index in [0.717, 1.165) is 43.2 Å². The van der Waals surface area contributed by atoms with Gasteiger partial charge in [0.1, 0.15) is 0 Å². The van der Waals surface area contributed by atoms with Crippen LogP contribution in [-0.2, 0) is 19.0 Å². The van der Waals surface area contributed by atoms with Gasteiger partial charge in [-0.2, -0.15) is 13.2 Å². The summed E-state index contributed by atoms with van der Waals surface area (Å²) in [6.45, 7) is 0. The van der Waals surface area contributed by atoms with Crippen LogP contribution in [0.25, 0.3) is 11.1 Å². The molecule has 120 valence electrons. The second-order valence-electron chi connectivity index (χ2n) is 6.52. The summed E-state index contributed by atoms with van der Waals surface area (Å²) in [4.78, 5) is 4.08. The van der Waals surface area contributed by atoms with Crippen molar-refractivity contribution in [2.75, 3.05) is 0 Å². The number of hydrogen-bond donors (Lipinski definition) is 0. The molecule has 1 nitrogen and oxygen atoms in total. The van der Waals surface area contributed by atoms with Crippen LogP contribution in [0.15, 0.2) is 30.3 Å². The highest BCUT2D eigenvalue weighted by Crippen LogP contribution is 2.49. The van der Waals surface area contributed by atoms with Crippen LogP contribution in [-0.4, -0.2) is 4.98 Å². The number of pyridine rings is 1. The zero-order valence-corrected chi connectivity index (χ0v) is 12.8. The van der Waals surface area contributed by atoms with E-state index in [4.69, 9.17) is 0 Å².